The minimum Gasteiger partial charge on any atom is -0.454 e. The van der Waals surface area contributed by atoms with Crippen molar-refractivity contribution in [1.82, 2.24) is 15.1 Å². The molecular weight excluding hydrogens is 304 g/mol. The van der Waals surface area contributed by atoms with Crippen LogP contribution in [0.2, 0.25) is 0 Å². The third-order valence-electron chi connectivity index (χ3n) is 3.89. The van der Waals surface area contributed by atoms with Crippen LogP contribution in [0.25, 0.3) is 0 Å². The molecule has 1 atom stereocenters. The molecule has 0 aromatic carbocycles. The summed E-state index contributed by atoms with van der Waals surface area (Å²) in [6, 6.07) is 0.0832. The van der Waals surface area contributed by atoms with Gasteiger partial charge in [-0.05, 0) is 39.5 Å². The summed E-state index contributed by atoms with van der Waals surface area (Å²) in [6.07, 6.45) is 2.22. The molecule has 1 aromatic heterocycles. The summed E-state index contributed by atoms with van der Waals surface area (Å²) < 4.78 is 6.10. The van der Waals surface area contributed by atoms with Crippen LogP contribution in [-0.2, 0) is 20.9 Å². The maximum absolute atomic E-state index is 11.8. The van der Waals surface area contributed by atoms with Crippen molar-refractivity contribution >= 4 is 17.6 Å². The Morgan fingerprint density at radius 2 is 2.13 bits per heavy atom. The van der Waals surface area contributed by atoms with Gasteiger partial charge in [-0.15, -0.1) is 0 Å². The standard InChI is InChI=1S/C14H20N4O5/c1-8(11-4-5-11)15-12(19)7-23-13(20)6-17-10(3)14(18(21)22)9(2)16-17/h8,11H,4-7H2,1-3H3,(H,15,19)/t8-/m0/s1. The lowest BCUT2D eigenvalue weighted by atomic mass is 10.2. The zero-order valence-electron chi connectivity index (χ0n) is 13.4. The van der Waals surface area contributed by atoms with E-state index in [1.54, 1.807) is 0 Å². The van der Waals surface area contributed by atoms with Gasteiger partial charge in [-0.25, -0.2) is 0 Å². The first-order chi connectivity index (χ1) is 10.8. The molecule has 0 saturated heterocycles. The van der Waals surface area contributed by atoms with Gasteiger partial charge in [0.25, 0.3) is 5.91 Å². The lowest BCUT2D eigenvalue weighted by molar-refractivity contribution is -0.386. The summed E-state index contributed by atoms with van der Waals surface area (Å²) in [5.74, 6) is -0.498. The zero-order valence-corrected chi connectivity index (χ0v) is 13.4. The van der Waals surface area contributed by atoms with Crippen LogP contribution in [0.5, 0.6) is 0 Å². The molecule has 1 saturated carbocycles. The molecule has 1 amide bonds. The van der Waals surface area contributed by atoms with Crippen molar-refractivity contribution in [3.05, 3.63) is 21.5 Å². The second-order valence-corrected chi connectivity index (χ2v) is 5.79. The Balaban J connectivity index is 1.84. The van der Waals surface area contributed by atoms with Crippen molar-refractivity contribution in [3.63, 3.8) is 0 Å². The first-order valence-corrected chi connectivity index (χ1v) is 7.43. The smallest absolute Gasteiger partial charge is 0.328 e. The number of amides is 1. The Kier molecular flexibility index (Phi) is 4.97. The topological polar surface area (TPSA) is 116 Å². The summed E-state index contributed by atoms with van der Waals surface area (Å²) in [6.45, 7) is 4.30. The van der Waals surface area contributed by atoms with Gasteiger partial charge in [0.05, 0.1) is 4.92 Å². The number of hydrogen-bond acceptors (Lipinski definition) is 6. The SMILES string of the molecule is Cc1nn(CC(=O)OCC(=O)N[C@@H](C)C2CC2)c(C)c1[N+](=O)[O-]. The molecule has 0 aliphatic heterocycles. The number of hydrogen-bond donors (Lipinski definition) is 1. The Morgan fingerprint density at radius 3 is 2.65 bits per heavy atom. The highest BCUT2D eigenvalue weighted by atomic mass is 16.6. The highest BCUT2D eigenvalue weighted by Gasteiger charge is 2.29. The zero-order chi connectivity index (χ0) is 17.1. The van der Waals surface area contributed by atoms with E-state index in [4.69, 9.17) is 4.74 Å². The van der Waals surface area contributed by atoms with Crippen molar-refractivity contribution in [2.75, 3.05) is 6.61 Å². The van der Waals surface area contributed by atoms with Gasteiger partial charge in [-0.2, -0.15) is 5.10 Å². The summed E-state index contributed by atoms with van der Waals surface area (Å²) in [5, 5.41) is 17.6. The minimum absolute atomic E-state index is 0.0832. The van der Waals surface area contributed by atoms with Gasteiger partial charge in [-0.1, -0.05) is 0 Å². The van der Waals surface area contributed by atoms with Gasteiger partial charge in [0, 0.05) is 6.04 Å². The van der Waals surface area contributed by atoms with Crippen molar-refractivity contribution < 1.29 is 19.2 Å². The number of ether oxygens (including phenoxy) is 1. The van der Waals surface area contributed by atoms with Gasteiger partial charge in [0.2, 0.25) is 0 Å². The van der Waals surface area contributed by atoms with Gasteiger partial charge in [0.15, 0.2) is 6.61 Å². The lowest BCUT2D eigenvalue weighted by Crippen LogP contribution is -2.37. The third-order valence-corrected chi connectivity index (χ3v) is 3.89. The monoisotopic (exact) mass is 324 g/mol. The van der Waals surface area contributed by atoms with Crippen molar-refractivity contribution in [3.8, 4) is 0 Å². The van der Waals surface area contributed by atoms with Gasteiger partial charge in [0.1, 0.15) is 17.9 Å². The molecule has 1 fully saturated rings. The molecule has 0 radical (unpaired) electrons. The maximum atomic E-state index is 11.8. The minimum atomic E-state index is -0.667. The van der Waals surface area contributed by atoms with E-state index in [-0.39, 0.29) is 42.2 Å². The second-order valence-electron chi connectivity index (χ2n) is 5.79. The molecule has 1 aromatic rings. The van der Waals surface area contributed by atoms with Crippen LogP contribution in [0.4, 0.5) is 5.69 Å². The predicted molar refractivity (Wildman–Crippen MR) is 79.6 cm³/mol. The van der Waals surface area contributed by atoms with E-state index in [2.05, 4.69) is 10.4 Å². The van der Waals surface area contributed by atoms with Crippen LogP contribution in [-0.4, -0.2) is 39.2 Å². The Bertz CT molecular complexity index is 635. The van der Waals surface area contributed by atoms with Gasteiger partial charge >= 0.3 is 11.7 Å². The average molecular weight is 324 g/mol. The molecule has 0 unspecified atom stereocenters. The second kappa shape index (κ2) is 6.76. The molecule has 126 valence electrons. The Morgan fingerprint density at radius 1 is 1.48 bits per heavy atom. The van der Waals surface area contributed by atoms with Crippen LogP contribution < -0.4 is 5.32 Å². The summed E-state index contributed by atoms with van der Waals surface area (Å²) in [5.41, 5.74) is 0.390. The molecule has 23 heavy (non-hydrogen) atoms. The fourth-order valence-electron chi connectivity index (χ4n) is 2.43. The Hall–Kier alpha value is -2.45. The van der Waals surface area contributed by atoms with E-state index < -0.39 is 10.9 Å². The highest BCUT2D eigenvalue weighted by Crippen LogP contribution is 2.32. The average Bonchev–Trinajstić information content (AvgIpc) is 3.24. The number of aryl methyl sites for hydroxylation is 1. The summed E-state index contributed by atoms with van der Waals surface area (Å²) in [7, 11) is 0. The number of nitro groups is 1. The summed E-state index contributed by atoms with van der Waals surface area (Å²) >= 11 is 0. The van der Waals surface area contributed by atoms with Crippen molar-refractivity contribution in [2.45, 2.75) is 46.2 Å². The normalized spacial score (nSPS) is 15.1. The number of aromatic nitrogens is 2. The molecule has 1 aliphatic rings. The maximum Gasteiger partial charge on any atom is 0.328 e. The summed E-state index contributed by atoms with van der Waals surface area (Å²) in [4.78, 5) is 33.8. The van der Waals surface area contributed by atoms with Crippen LogP contribution in [0.1, 0.15) is 31.2 Å². The van der Waals surface area contributed by atoms with Crippen LogP contribution >= 0.6 is 0 Å². The molecule has 0 bridgehead atoms. The number of nitrogens with zero attached hydrogens (tertiary/aromatic N) is 3. The molecule has 0 spiro atoms. The molecule has 1 aliphatic carbocycles. The first kappa shape index (κ1) is 16.9. The van der Waals surface area contributed by atoms with E-state index in [0.29, 0.717) is 5.92 Å². The number of rotatable bonds is 7. The molecule has 9 nitrogen and oxygen atoms in total. The Labute approximate surface area is 133 Å². The van der Waals surface area contributed by atoms with Crippen molar-refractivity contribution in [2.24, 2.45) is 5.92 Å². The third kappa shape index (κ3) is 4.27. The van der Waals surface area contributed by atoms with Crippen LogP contribution in [0.3, 0.4) is 0 Å². The van der Waals surface area contributed by atoms with E-state index in [9.17, 15) is 19.7 Å². The number of esters is 1. The fraction of sp³-hybridized carbons (Fsp3) is 0.643. The predicted octanol–water partition coefficient (Wildman–Crippen LogP) is 0.866. The molecular formula is C14H20N4O5. The molecule has 1 N–H and O–H groups in total. The van der Waals surface area contributed by atoms with E-state index in [0.717, 1.165) is 12.8 Å². The quantitative estimate of drug-likeness (QED) is 0.452. The van der Waals surface area contributed by atoms with Crippen LogP contribution in [0.15, 0.2) is 0 Å². The number of carbonyl (C=O) groups excluding carboxylic acids is 2. The number of carbonyl (C=O) groups is 2. The van der Waals surface area contributed by atoms with E-state index in [1.165, 1.54) is 18.5 Å². The lowest BCUT2D eigenvalue weighted by Gasteiger charge is -2.12. The van der Waals surface area contributed by atoms with E-state index >= 15 is 0 Å². The van der Waals surface area contributed by atoms with Crippen molar-refractivity contribution in [1.29, 1.82) is 0 Å². The molecule has 1 heterocycles. The number of nitrogens with one attached hydrogen (secondary N) is 1. The highest BCUT2D eigenvalue weighted by molar-refractivity contribution is 5.80. The fourth-order valence-corrected chi connectivity index (χ4v) is 2.43. The van der Waals surface area contributed by atoms with Gasteiger partial charge < -0.3 is 10.1 Å². The van der Waals surface area contributed by atoms with Crippen LogP contribution in [0, 0.1) is 29.9 Å². The largest absolute Gasteiger partial charge is 0.454 e. The van der Waals surface area contributed by atoms with Gasteiger partial charge in [-0.3, -0.25) is 24.4 Å². The molecule has 9 heteroatoms. The first-order valence-electron chi connectivity index (χ1n) is 7.43. The molecule has 2 rings (SSSR count). The van der Waals surface area contributed by atoms with E-state index in [1.807, 2.05) is 6.92 Å².